The fraction of sp³-hybridized carbons (Fsp3) is 0.471. The number of hydrazine groups is 1. The Morgan fingerprint density at radius 2 is 2.07 bits per heavy atom. The number of halogens is 1. The summed E-state index contributed by atoms with van der Waals surface area (Å²) >= 11 is 6.95. The number of fused-ring (bicyclic) bond motifs is 2. The predicted octanol–water partition coefficient (Wildman–Crippen LogP) is 6.92. The molecule has 42 heavy (non-hydrogen) atoms. The smallest absolute Gasteiger partial charge is 0.209 e. The summed E-state index contributed by atoms with van der Waals surface area (Å²) in [5.74, 6) is 3.72. The highest BCUT2D eigenvalue weighted by Crippen LogP contribution is 2.48. The van der Waals surface area contributed by atoms with E-state index in [9.17, 15) is 0 Å². The number of nitrogens with zero attached hydrogens (tertiary/aromatic N) is 3. The molecule has 8 heteroatoms. The van der Waals surface area contributed by atoms with Crippen molar-refractivity contribution in [3.05, 3.63) is 88.0 Å². The van der Waals surface area contributed by atoms with Crippen LogP contribution in [0.5, 0.6) is 5.75 Å². The number of hydrogen-bond acceptors (Lipinski definition) is 7. The number of rotatable bonds is 10. The van der Waals surface area contributed by atoms with Gasteiger partial charge >= 0.3 is 0 Å². The number of hydrogen-bond donors (Lipinski definition) is 2. The number of aromatic nitrogens is 2. The minimum atomic E-state index is 0.215. The number of methoxy groups -OCH3 is 1. The molecule has 7 nitrogen and oxygen atoms in total. The Balaban J connectivity index is 1.17. The second-order valence-corrected chi connectivity index (χ2v) is 13.1. The number of allylic oxidation sites excluding steroid dienone is 2. The van der Waals surface area contributed by atoms with Gasteiger partial charge in [0.05, 0.1) is 30.1 Å². The normalized spacial score (nSPS) is 23.5. The molecule has 0 bridgehead atoms. The summed E-state index contributed by atoms with van der Waals surface area (Å²) < 4.78 is 12.0. The highest BCUT2D eigenvalue weighted by Gasteiger charge is 2.38. The summed E-state index contributed by atoms with van der Waals surface area (Å²) in [4.78, 5) is 9.84. The highest BCUT2D eigenvalue weighted by atomic mass is 35.5. The Hall–Kier alpha value is -3.29. The monoisotopic (exact) mass is 585 g/mol. The lowest BCUT2D eigenvalue weighted by atomic mass is 9.92. The Morgan fingerprint density at radius 1 is 1.26 bits per heavy atom. The largest absolute Gasteiger partial charge is 0.490 e. The molecule has 2 aromatic heterocycles. The van der Waals surface area contributed by atoms with E-state index in [-0.39, 0.29) is 11.8 Å². The summed E-state index contributed by atoms with van der Waals surface area (Å²) in [5, 5.41) is 6.40. The van der Waals surface area contributed by atoms with E-state index in [1.54, 1.807) is 7.11 Å². The molecule has 7 rings (SSSR count). The van der Waals surface area contributed by atoms with Crippen LogP contribution in [0, 0.1) is 11.8 Å². The Morgan fingerprint density at radius 3 is 2.79 bits per heavy atom. The van der Waals surface area contributed by atoms with Gasteiger partial charge in [-0.2, -0.15) is 0 Å². The SMILES string of the molecule is C=C(NCC(c1cc2c(c(-c3ccnc(C(C)C)c3Cl)n1)OCC2C)C1CC1)C1=CC2=CC(C3CC3)NN2C(OC)=C1. The van der Waals surface area contributed by atoms with E-state index < -0.39 is 0 Å². The van der Waals surface area contributed by atoms with Gasteiger partial charge in [0.1, 0.15) is 11.4 Å². The lowest BCUT2D eigenvalue weighted by Gasteiger charge is -2.28. The van der Waals surface area contributed by atoms with Gasteiger partial charge in [-0.05, 0) is 67.7 Å². The molecule has 0 radical (unpaired) electrons. The lowest BCUT2D eigenvalue weighted by molar-refractivity contribution is 0.143. The van der Waals surface area contributed by atoms with Gasteiger partial charge in [0, 0.05) is 64.8 Å². The minimum absolute atomic E-state index is 0.215. The zero-order chi connectivity index (χ0) is 29.1. The van der Waals surface area contributed by atoms with Crippen molar-refractivity contribution in [2.75, 3.05) is 20.3 Å². The number of ether oxygens (including phenoxy) is 2. The molecule has 2 N–H and O–H groups in total. The van der Waals surface area contributed by atoms with Crippen molar-refractivity contribution in [1.29, 1.82) is 0 Å². The van der Waals surface area contributed by atoms with Gasteiger partial charge in [0.2, 0.25) is 5.88 Å². The topological polar surface area (TPSA) is 71.5 Å². The third kappa shape index (κ3) is 5.01. The quantitative estimate of drug-likeness (QED) is 0.313. The van der Waals surface area contributed by atoms with Crippen molar-refractivity contribution in [2.45, 2.75) is 70.3 Å². The Kier molecular flexibility index (Phi) is 7.06. The maximum atomic E-state index is 6.95. The van der Waals surface area contributed by atoms with E-state index in [4.69, 9.17) is 26.1 Å². The van der Waals surface area contributed by atoms with Crippen LogP contribution in [0.3, 0.4) is 0 Å². The molecule has 0 aromatic carbocycles. The van der Waals surface area contributed by atoms with Crippen LogP contribution >= 0.6 is 11.6 Å². The molecule has 5 aliphatic rings. The standard InChI is InChI=1S/C34H40ClN5O2/c1-18(2)32-31(35)25(10-11-36-32)33-34-26(19(3)17-42-34)15-29(38-33)27(21-6-7-21)16-37-20(4)23-12-24-14-28(22-8-9-22)39-40(24)30(13-23)41-5/h10-15,18-19,21-22,27-28,37,39H,4,6-9,16-17H2,1-3,5H3. The van der Waals surface area contributed by atoms with E-state index in [1.165, 1.54) is 31.2 Å². The fourth-order valence-corrected chi connectivity index (χ4v) is 6.82. The van der Waals surface area contributed by atoms with Crippen LogP contribution in [0.2, 0.25) is 5.02 Å². The van der Waals surface area contributed by atoms with Crippen LogP contribution in [-0.4, -0.2) is 41.3 Å². The molecule has 3 aliphatic heterocycles. The molecular weight excluding hydrogens is 546 g/mol. The molecule has 2 aliphatic carbocycles. The molecule has 2 aromatic rings. The molecule has 0 amide bonds. The minimum Gasteiger partial charge on any atom is -0.490 e. The first-order chi connectivity index (χ1) is 20.3. The summed E-state index contributed by atoms with van der Waals surface area (Å²) in [7, 11) is 1.72. The molecule has 220 valence electrons. The molecular formula is C34H40ClN5O2. The van der Waals surface area contributed by atoms with Crippen LogP contribution in [0.25, 0.3) is 11.3 Å². The first-order valence-corrected chi connectivity index (χ1v) is 15.7. The van der Waals surface area contributed by atoms with Crippen molar-refractivity contribution in [2.24, 2.45) is 11.8 Å². The first kappa shape index (κ1) is 27.5. The first-order valence-electron chi connectivity index (χ1n) is 15.3. The van der Waals surface area contributed by atoms with E-state index in [0.29, 0.717) is 29.5 Å². The van der Waals surface area contributed by atoms with Gasteiger partial charge in [-0.15, -0.1) is 0 Å². The predicted molar refractivity (Wildman–Crippen MR) is 166 cm³/mol. The van der Waals surface area contributed by atoms with Gasteiger partial charge in [-0.25, -0.2) is 15.4 Å². The average Bonchev–Trinajstić information content (AvgIpc) is 3.92. The van der Waals surface area contributed by atoms with E-state index in [0.717, 1.165) is 63.7 Å². The van der Waals surface area contributed by atoms with Gasteiger partial charge in [0.25, 0.3) is 0 Å². The van der Waals surface area contributed by atoms with Crippen molar-refractivity contribution in [1.82, 2.24) is 25.7 Å². The molecule has 2 saturated carbocycles. The van der Waals surface area contributed by atoms with Crippen LogP contribution in [0.15, 0.2) is 66.0 Å². The fourth-order valence-electron chi connectivity index (χ4n) is 6.40. The summed E-state index contributed by atoms with van der Waals surface area (Å²) in [6.45, 7) is 12.3. The number of pyridine rings is 2. The maximum absolute atomic E-state index is 6.95. The van der Waals surface area contributed by atoms with Crippen LogP contribution in [0.4, 0.5) is 0 Å². The number of nitrogens with one attached hydrogen (secondary N) is 2. The van der Waals surface area contributed by atoms with Gasteiger partial charge in [-0.3, -0.25) is 4.98 Å². The molecule has 3 atom stereocenters. The summed E-state index contributed by atoms with van der Waals surface area (Å²) in [5.41, 5.74) is 11.6. The van der Waals surface area contributed by atoms with Crippen molar-refractivity contribution in [3.8, 4) is 17.0 Å². The molecule has 5 heterocycles. The van der Waals surface area contributed by atoms with Crippen LogP contribution in [0.1, 0.15) is 81.2 Å². The van der Waals surface area contributed by atoms with E-state index in [1.807, 2.05) is 12.3 Å². The molecule has 3 unspecified atom stereocenters. The van der Waals surface area contributed by atoms with E-state index >= 15 is 0 Å². The molecule has 0 spiro atoms. The van der Waals surface area contributed by atoms with Gasteiger partial charge < -0.3 is 14.8 Å². The molecule has 0 saturated heterocycles. The van der Waals surface area contributed by atoms with Gasteiger partial charge in [-0.1, -0.05) is 39.0 Å². The van der Waals surface area contributed by atoms with E-state index in [2.05, 4.69) is 72.4 Å². The zero-order valence-corrected chi connectivity index (χ0v) is 25.7. The lowest BCUT2D eigenvalue weighted by Crippen LogP contribution is -2.39. The van der Waals surface area contributed by atoms with Gasteiger partial charge in [0.15, 0.2) is 0 Å². The third-order valence-corrected chi connectivity index (χ3v) is 9.63. The maximum Gasteiger partial charge on any atom is 0.209 e. The van der Waals surface area contributed by atoms with Crippen molar-refractivity contribution >= 4 is 11.6 Å². The Bertz CT molecular complexity index is 1520. The van der Waals surface area contributed by atoms with Crippen molar-refractivity contribution in [3.63, 3.8) is 0 Å². The average molecular weight is 586 g/mol. The van der Waals surface area contributed by atoms with Crippen LogP contribution in [-0.2, 0) is 4.74 Å². The third-order valence-electron chi connectivity index (χ3n) is 9.23. The Labute approximate surface area is 253 Å². The van der Waals surface area contributed by atoms with Crippen LogP contribution < -0.4 is 15.5 Å². The molecule has 2 fully saturated rings. The van der Waals surface area contributed by atoms with Crippen molar-refractivity contribution < 1.29 is 9.47 Å². The summed E-state index contributed by atoms with van der Waals surface area (Å²) in [6.07, 6.45) is 13.4. The summed E-state index contributed by atoms with van der Waals surface area (Å²) in [6, 6.07) is 4.61. The second-order valence-electron chi connectivity index (χ2n) is 12.7. The second kappa shape index (κ2) is 10.8. The zero-order valence-electron chi connectivity index (χ0n) is 24.9. The highest BCUT2D eigenvalue weighted by molar-refractivity contribution is 6.34.